The lowest BCUT2D eigenvalue weighted by Gasteiger charge is -2.15. The van der Waals surface area contributed by atoms with Crippen molar-refractivity contribution in [1.29, 1.82) is 0 Å². The van der Waals surface area contributed by atoms with E-state index < -0.39 is 0 Å². The number of nitrogens with zero attached hydrogens (tertiary/aromatic N) is 3. The highest BCUT2D eigenvalue weighted by molar-refractivity contribution is 9.10. The molecule has 0 fully saturated rings. The highest BCUT2D eigenvalue weighted by Gasteiger charge is 2.02. The zero-order valence-corrected chi connectivity index (χ0v) is 9.99. The van der Waals surface area contributed by atoms with Crippen LogP contribution in [0, 0.1) is 0 Å². The van der Waals surface area contributed by atoms with Crippen molar-refractivity contribution in [3.05, 3.63) is 16.9 Å². The second-order valence-electron chi connectivity index (χ2n) is 2.97. The third-order valence-electron chi connectivity index (χ3n) is 1.79. The van der Waals surface area contributed by atoms with Gasteiger partial charge in [-0.3, -0.25) is 0 Å². The Bertz CT molecular complexity index is 265. The normalized spacial score (nSPS) is 10.2. The first-order chi connectivity index (χ1) is 6.74. The highest BCUT2D eigenvalue weighted by Crippen LogP contribution is 2.09. The first kappa shape index (κ1) is 11.4. The Balaban J connectivity index is 2.43. The third-order valence-corrected chi connectivity index (χ3v) is 2.20. The molecule has 1 aromatic rings. The van der Waals surface area contributed by atoms with Crippen molar-refractivity contribution in [1.82, 2.24) is 9.97 Å². The Morgan fingerprint density at radius 2 is 2.07 bits per heavy atom. The zero-order chi connectivity index (χ0) is 10.4. The van der Waals surface area contributed by atoms with E-state index in [4.69, 9.17) is 4.74 Å². The fraction of sp³-hybridized carbons (Fsp3) is 0.556. The molecule has 0 aliphatic heterocycles. The summed E-state index contributed by atoms with van der Waals surface area (Å²) in [5, 5.41) is 0. The molecule has 0 unspecified atom stereocenters. The van der Waals surface area contributed by atoms with Gasteiger partial charge in [0.05, 0.1) is 4.47 Å². The lowest BCUT2D eigenvalue weighted by atomic mass is 10.4. The van der Waals surface area contributed by atoms with Gasteiger partial charge in [0.2, 0.25) is 5.95 Å². The molecule has 0 amide bonds. The molecule has 1 heterocycles. The van der Waals surface area contributed by atoms with E-state index >= 15 is 0 Å². The predicted molar refractivity (Wildman–Crippen MR) is 59.5 cm³/mol. The molecule has 0 aliphatic carbocycles. The largest absolute Gasteiger partial charge is 0.385 e. The van der Waals surface area contributed by atoms with Crippen LogP contribution in [-0.2, 0) is 4.74 Å². The van der Waals surface area contributed by atoms with E-state index in [1.54, 1.807) is 19.5 Å². The van der Waals surface area contributed by atoms with Crippen LogP contribution in [0.25, 0.3) is 0 Å². The summed E-state index contributed by atoms with van der Waals surface area (Å²) in [4.78, 5) is 10.4. The van der Waals surface area contributed by atoms with E-state index in [2.05, 4.69) is 25.9 Å². The summed E-state index contributed by atoms with van der Waals surface area (Å²) in [5.41, 5.74) is 0. The van der Waals surface area contributed by atoms with Gasteiger partial charge in [-0.1, -0.05) is 0 Å². The second-order valence-corrected chi connectivity index (χ2v) is 3.88. The Kier molecular flexibility index (Phi) is 4.82. The minimum atomic E-state index is 0.740. The number of aromatic nitrogens is 2. The molecule has 0 spiro atoms. The van der Waals surface area contributed by atoms with E-state index in [1.807, 2.05) is 11.9 Å². The van der Waals surface area contributed by atoms with Gasteiger partial charge in [-0.2, -0.15) is 0 Å². The van der Waals surface area contributed by atoms with Crippen LogP contribution >= 0.6 is 15.9 Å². The average molecular weight is 260 g/mol. The van der Waals surface area contributed by atoms with Crippen LogP contribution in [0.15, 0.2) is 16.9 Å². The Morgan fingerprint density at radius 3 is 2.64 bits per heavy atom. The van der Waals surface area contributed by atoms with Crippen molar-refractivity contribution in [2.45, 2.75) is 6.42 Å². The molecule has 14 heavy (non-hydrogen) atoms. The Labute approximate surface area is 92.4 Å². The molecular weight excluding hydrogens is 246 g/mol. The predicted octanol–water partition coefficient (Wildman–Crippen LogP) is 1.71. The van der Waals surface area contributed by atoms with E-state index in [1.165, 1.54) is 0 Å². The van der Waals surface area contributed by atoms with E-state index in [-0.39, 0.29) is 0 Å². The lowest BCUT2D eigenvalue weighted by Crippen LogP contribution is -2.21. The van der Waals surface area contributed by atoms with Crippen molar-refractivity contribution in [3.63, 3.8) is 0 Å². The van der Waals surface area contributed by atoms with Gasteiger partial charge in [-0.15, -0.1) is 0 Å². The van der Waals surface area contributed by atoms with Crippen LogP contribution < -0.4 is 4.90 Å². The van der Waals surface area contributed by atoms with Gasteiger partial charge in [0, 0.05) is 39.7 Å². The zero-order valence-electron chi connectivity index (χ0n) is 8.40. The molecule has 1 aromatic heterocycles. The second kappa shape index (κ2) is 5.93. The summed E-state index contributed by atoms with van der Waals surface area (Å²) in [6, 6.07) is 0. The summed E-state index contributed by atoms with van der Waals surface area (Å²) in [6.45, 7) is 1.66. The number of hydrogen-bond acceptors (Lipinski definition) is 4. The molecular formula is C9H14BrN3O. The van der Waals surface area contributed by atoms with Crippen molar-refractivity contribution in [2.75, 3.05) is 32.2 Å². The number of ether oxygens (including phenoxy) is 1. The van der Waals surface area contributed by atoms with Gasteiger partial charge < -0.3 is 9.64 Å². The van der Waals surface area contributed by atoms with Crippen LogP contribution in [0.1, 0.15) is 6.42 Å². The van der Waals surface area contributed by atoms with Gasteiger partial charge in [0.15, 0.2) is 0 Å². The summed E-state index contributed by atoms with van der Waals surface area (Å²) < 4.78 is 5.87. The van der Waals surface area contributed by atoms with Crippen molar-refractivity contribution < 1.29 is 4.74 Å². The van der Waals surface area contributed by atoms with Gasteiger partial charge >= 0.3 is 0 Å². The van der Waals surface area contributed by atoms with Crippen LogP contribution in [0.2, 0.25) is 0 Å². The Morgan fingerprint density at radius 1 is 1.43 bits per heavy atom. The molecule has 0 saturated heterocycles. The minimum absolute atomic E-state index is 0.740. The first-order valence-electron chi connectivity index (χ1n) is 4.41. The number of halogens is 1. The quantitative estimate of drug-likeness (QED) is 0.755. The standard InChI is InChI=1S/C9H14BrN3O/c1-13(4-3-5-14-2)9-11-6-8(10)7-12-9/h6-7H,3-5H2,1-2H3. The summed E-state index contributed by atoms with van der Waals surface area (Å²) in [7, 11) is 3.68. The molecule has 78 valence electrons. The van der Waals surface area contributed by atoms with Crippen molar-refractivity contribution in [2.24, 2.45) is 0 Å². The van der Waals surface area contributed by atoms with Crippen molar-refractivity contribution >= 4 is 21.9 Å². The van der Waals surface area contributed by atoms with Gasteiger partial charge in [-0.05, 0) is 22.4 Å². The molecule has 4 nitrogen and oxygen atoms in total. The maximum absolute atomic E-state index is 4.97. The molecule has 0 aromatic carbocycles. The van der Waals surface area contributed by atoms with Crippen LogP contribution in [-0.4, -0.2) is 37.3 Å². The topological polar surface area (TPSA) is 38.2 Å². The number of hydrogen-bond donors (Lipinski definition) is 0. The molecule has 0 N–H and O–H groups in total. The fourth-order valence-corrected chi connectivity index (χ4v) is 1.25. The minimum Gasteiger partial charge on any atom is -0.385 e. The van der Waals surface area contributed by atoms with Gasteiger partial charge in [-0.25, -0.2) is 9.97 Å². The molecule has 5 heteroatoms. The smallest absolute Gasteiger partial charge is 0.225 e. The maximum atomic E-state index is 4.97. The lowest BCUT2D eigenvalue weighted by molar-refractivity contribution is 0.196. The number of methoxy groups -OCH3 is 1. The van der Waals surface area contributed by atoms with Crippen molar-refractivity contribution in [3.8, 4) is 0 Å². The molecule has 0 saturated carbocycles. The maximum Gasteiger partial charge on any atom is 0.225 e. The monoisotopic (exact) mass is 259 g/mol. The van der Waals surface area contributed by atoms with E-state index in [0.717, 1.165) is 30.0 Å². The summed E-state index contributed by atoms with van der Waals surface area (Å²) in [6.07, 6.45) is 4.47. The number of rotatable bonds is 5. The van der Waals surface area contributed by atoms with Gasteiger partial charge in [0.1, 0.15) is 0 Å². The third kappa shape index (κ3) is 3.59. The molecule has 0 bridgehead atoms. The van der Waals surface area contributed by atoms with Crippen LogP contribution in [0.5, 0.6) is 0 Å². The van der Waals surface area contributed by atoms with Crippen LogP contribution in [0.4, 0.5) is 5.95 Å². The molecule has 0 radical (unpaired) electrons. The van der Waals surface area contributed by atoms with Gasteiger partial charge in [0.25, 0.3) is 0 Å². The Hall–Kier alpha value is -0.680. The molecule has 0 aliphatic rings. The summed E-state index contributed by atoms with van der Waals surface area (Å²) >= 11 is 3.29. The first-order valence-corrected chi connectivity index (χ1v) is 5.21. The van der Waals surface area contributed by atoms with E-state index in [9.17, 15) is 0 Å². The summed E-state index contributed by atoms with van der Waals surface area (Å²) in [5.74, 6) is 0.740. The SMILES string of the molecule is COCCCN(C)c1ncc(Br)cn1. The molecule has 0 atom stereocenters. The highest BCUT2D eigenvalue weighted by atomic mass is 79.9. The van der Waals surface area contributed by atoms with Crippen LogP contribution in [0.3, 0.4) is 0 Å². The van der Waals surface area contributed by atoms with E-state index in [0.29, 0.717) is 0 Å². The molecule has 1 rings (SSSR count). The fourth-order valence-electron chi connectivity index (χ4n) is 1.05. The number of anilines is 1. The average Bonchev–Trinajstić information content (AvgIpc) is 2.19.